The van der Waals surface area contributed by atoms with E-state index >= 15 is 0 Å². The Morgan fingerprint density at radius 3 is 2.81 bits per heavy atom. The second-order valence-electron chi connectivity index (χ2n) is 3.36. The lowest BCUT2D eigenvalue weighted by Crippen LogP contribution is -1.86. The molecule has 2 rings (SSSR count). The fraction of sp³-hybridized carbons (Fsp3) is 0.167. The molecule has 0 N–H and O–H groups in total. The minimum Gasteiger partial charge on any atom is -0.497 e. The molecular formula is C12H11NO3. The van der Waals surface area contributed by atoms with E-state index in [0.29, 0.717) is 5.69 Å². The molecule has 0 unspecified atom stereocenters. The van der Waals surface area contributed by atoms with Gasteiger partial charge in [0.15, 0.2) is 5.78 Å². The van der Waals surface area contributed by atoms with Crippen molar-refractivity contribution >= 4 is 5.78 Å². The Balaban J connectivity index is 2.38. The molecule has 0 radical (unpaired) electrons. The van der Waals surface area contributed by atoms with Crippen molar-refractivity contribution in [2.45, 2.75) is 6.92 Å². The Hall–Kier alpha value is -2.10. The van der Waals surface area contributed by atoms with Crippen molar-refractivity contribution in [3.63, 3.8) is 0 Å². The smallest absolute Gasteiger partial charge is 0.202 e. The van der Waals surface area contributed by atoms with Crippen LogP contribution in [0.15, 0.2) is 34.9 Å². The van der Waals surface area contributed by atoms with E-state index in [4.69, 9.17) is 9.26 Å². The van der Waals surface area contributed by atoms with Gasteiger partial charge in [0.2, 0.25) is 5.76 Å². The molecule has 0 aliphatic heterocycles. The van der Waals surface area contributed by atoms with Gasteiger partial charge in [-0.2, -0.15) is 0 Å². The van der Waals surface area contributed by atoms with Gasteiger partial charge >= 0.3 is 0 Å². The number of hydrogen-bond acceptors (Lipinski definition) is 4. The van der Waals surface area contributed by atoms with Crippen LogP contribution in [0, 0.1) is 0 Å². The van der Waals surface area contributed by atoms with E-state index in [0.717, 1.165) is 11.3 Å². The van der Waals surface area contributed by atoms with E-state index in [2.05, 4.69) is 5.16 Å². The highest BCUT2D eigenvalue weighted by molar-refractivity contribution is 5.92. The largest absolute Gasteiger partial charge is 0.497 e. The highest BCUT2D eigenvalue weighted by Gasteiger charge is 2.10. The van der Waals surface area contributed by atoms with Gasteiger partial charge in [-0.3, -0.25) is 4.79 Å². The molecule has 1 aromatic heterocycles. The molecule has 4 heteroatoms. The lowest BCUT2D eigenvalue weighted by molar-refractivity contribution is 0.0978. The molecule has 2 aromatic rings. The zero-order chi connectivity index (χ0) is 11.5. The lowest BCUT2D eigenvalue weighted by Gasteiger charge is -2.00. The fourth-order valence-corrected chi connectivity index (χ4v) is 1.36. The normalized spacial score (nSPS) is 10.1. The Kier molecular flexibility index (Phi) is 2.72. The zero-order valence-electron chi connectivity index (χ0n) is 9.06. The summed E-state index contributed by atoms with van der Waals surface area (Å²) in [6, 6.07) is 9.04. The first-order valence-corrected chi connectivity index (χ1v) is 4.83. The van der Waals surface area contributed by atoms with Crippen LogP contribution in [0.2, 0.25) is 0 Å². The zero-order valence-corrected chi connectivity index (χ0v) is 9.06. The predicted octanol–water partition coefficient (Wildman–Crippen LogP) is 2.55. The summed E-state index contributed by atoms with van der Waals surface area (Å²) in [6.07, 6.45) is 0. The molecule has 0 amide bonds. The maximum absolute atomic E-state index is 11.1. The first kappa shape index (κ1) is 10.4. The Labute approximate surface area is 92.8 Å². The molecule has 0 fully saturated rings. The number of ether oxygens (including phenoxy) is 1. The van der Waals surface area contributed by atoms with Crippen LogP contribution in [0.3, 0.4) is 0 Å². The first-order chi connectivity index (χ1) is 7.70. The molecule has 1 heterocycles. The number of aromatic nitrogens is 1. The predicted molar refractivity (Wildman–Crippen MR) is 58.5 cm³/mol. The molecule has 0 saturated heterocycles. The summed E-state index contributed by atoms with van der Waals surface area (Å²) >= 11 is 0. The second-order valence-corrected chi connectivity index (χ2v) is 3.36. The van der Waals surface area contributed by atoms with Crippen molar-refractivity contribution in [1.29, 1.82) is 0 Å². The van der Waals surface area contributed by atoms with Crippen molar-refractivity contribution in [3.8, 4) is 17.0 Å². The van der Waals surface area contributed by atoms with E-state index in [1.807, 2.05) is 24.3 Å². The Morgan fingerprint density at radius 1 is 1.38 bits per heavy atom. The molecule has 0 saturated carbocycles. The van der Waals surface area contributed by atoms with E-state index in [9.17, 15) is 4.79 Å². The third-order valence-electron chi connectivity index (χ3n) is 2.22. The minimum absolute atomic E-state index is 0.137. The van der Waals surface area contributed by atoms with Crippen LogP contribution in [-0.2, 0) is 0 Å². The Morgan fingerprint density at radius 2 is 2.19 bits per heavy atom. The van der Waals surface area contributed by atoms with E-state index in [1.54, 1.807) is 13.2 Å². The summed E-state index contributed by atoms with van der Waals surface area (Å²) in [4.78, 5) is 11.1. The Bertz CT molecular complexity index is 516. The summed E-state index contributed by atoms with van der Waals surface area (Å²) < 4.78 is 10.0. The van der Waals surface area contributed by atoms with Crippen molar-refractivity contribution in [2.75, 3.05) is 7.11 Å². The van der Waals surface area contributed by atoms with Gasteiger partial charge in [-0.25, -0.2) is 0 Å². The summed E-state index contributed by atoms with van der Waals surface area (Å²) in [7, 11) is 1.60. The molecule has 82 valence electrons. The van der Waals surface area contributed by atoms with Gasteiger partial charge in [0.25, 0.3) is 0 Å². The van der Waals surface area contributed by atoms with Gasteiger partial charge in [-0.1, -0.05) is 17.3 Å². The number of benzene rings is 1. The average Bonchev–Trinajstić information content (AvgIpc) is 2.78. The minimum atomic E-state index is -0.137. The van der Waals surface area contributed by atoms with E-state index in [-0.39, 0.29) is 11.5 Å². The molecular weight excluding hydrogens is 206 g/mol. The van der Waals surface area contributed by atoms with Gasteiger partial charge in [0.1, 0.15) is 11.4 Å². The van der Waals surface area contributed by atoms with E-state index in [1.165, 1.54) is 6.92 Å². The molecule has 0 aliphatic carbocycles. The molecule has 0 bridgehead atoms. The summed E-state index contributed by atoms with van der Waals surface area (Å²) in [5, 5.41) is 3.83. The second kappa shape index (κ2) is 4.18. The monoisotopic (exact) mass is 217 g/mol. The maximum atomic E-state index is 11.1. The van der Waals surface area contributed by atoms with Crippen LogP contribution in [0.25, 0.3) is 11.3 Å². The SMILES string of the molecule is COc1cccc(-c2cc(C(C)=O)on2)c1. The van der Waals surface area contributed by atoms with Crippen molar-refractivity contribution in [2.24, 2.45) is 0 Å². The number of nitrogens with zero attached hydrogens (tertiary/aromatic N) is 1. The number of carbonyl (C=O) groups excluding carboxylic acids is 1. The van der Waals surface area contributed by atoms with Crippen molar-refractivity contribution in [1.82, 2.24) is 5.16 Å². The third-order valence-corrected chi connectivity index (χ3v) is 2.22. The molecule has 0 aliphatic rings. The molecule has 0 spiro atoms. The molecule has 0 atom stereocenters. The number of rotatable bonds is 3. The van der Waals surface area contributed by atoms with Crippen LogP contribution in [-0.4, -0.2) is 18.0 Å². The van der Waals surface area contributed by atoms with Crippen LogP contribution >= 0.6 is 0 Å². The van der Waals surface area contributed by atoms with Crippen molar-refractivity contribution < 1.29 is 14.1 Å². The number of ketones is 1. The van der Waals surface area contributed by atoms with Gasteiger partial charge in [0, 0.05) is 18.6 Å². The quantitative estimate of drug-likeness (QED) is 0.741. The number of methoxy groups -OCH3 is 1. The number of carbonyl (C=O) groups is 1. The van der Waals surface area contributed by atoms with Crippen LogP contribution in [0.1, 0.15) is 17.5 Å². The molecule has 1 aromatic carbocycles. The number of Topliss-reactive ketones (excluding diaryl/α,β-unsaturated/α-hetero) is 1. The number of hydrogen-bond donors (Lipinski definition) is 0. The van der Waals surface area contributed by atoms with E-state index < -0.39 is 0 Å². The van der Waals surface area contributed by atoms with Gasteiger partial charge in [-0.15, -0.1) is 0 Å². The summed E-state index contributed by atoms with van der Waals surface area (Å²) in [5.74, 6) is 0.865. The van der Waals surface area contributed by atoms with Gasteiger partial charge in [-0.05, 0) is 12.1 Å². The highest BCUT2D eigenvalue weighted by Crippen LogP contribution is 2.23. The molecule has 4 nitrogen and oxygen atoms in total. The lowest BCUT2D eigenvalue weighted by atomic mass is 10.1. The average molecular weight is 217 g/mol. The van der Waals surface area contributed by atoms with Gasteiger partial charge < -0.3 is 9.26 Å². The topological polar surface area (TPSA) is 52.3 Å². The first-order valence-electron chi connectivity index (χ1n) is 4.83. The standard InChI is InChI=1S/C12H11NO3/c1-8(14)12-7-11(13-16-12)9-4-3-5-10(6-9)15-2/h3-7H,1-2H3. The maximum Gasteiger partial charge on any atom is 0.202 e. The van der Waals surface area contributed by atoms with Crippen molar-refractivity contribution in [3.05, 3.63) is 36.1 Å². The fourth-order valence-electron chi connectivity index (χ4n) is 1.36. The van der Waals surface area contributed by atoms with Crippen LogP contribution in [0.5, 0.6) is 5.75 Å². The van der Waals surface area contributed by atoms with Crippen LogP contribution < -0.4 is 4.74 Å². The third kappa shape index (κ3) is 1.95. The van der Waals surface area contributed by atoms with Gasteiger partial charge in [0.05, 0.1) is 7.11 Å². The summed E-state index contributed by atoms with van der Waals surface area (Å²) in [6.45, 7) is 1.44. The highest BCUT2D eigenvalue weighted by atomic mass is 16.5. The van der Waals surface area contributed by atoms with Crippen LogP contribution in [0.4, 0.5) is 0 Å². The summed E-state index contributed by atoms with van der Waals surface area (Å²) in [5.41, 5.74) is 1.49. The molecule has 16 heavy (non-hydrogen) atoms.